The Balaban J connectivity index is 2.46. The summed E-state index contributed by atoms with van der Waals surface area (Å²) in [7, 11) is 0. The molecule has 0 bridgehead atoms. The van der Waals surface area contributed by atoms with E-state index in [1.54, 1.807) is 18.2 Å². The Morgan fingerprint density at radius 1 is 1.55 bits per heavy atom. The molecule has 0 fully saturated rings. The molecular weight excluding hydrogens is 348 g/mol. The molecule has 6 nitrogen and oxygen atoms in total. The van der Waals surface area contributed by atoms with E-state index in [-0.39, 0.29) is 12.5 Å². The molecule has 8 heteroatoms. The summed E-state index contributed by atoms with van der Waals surface area (Å²) in [5, 5.41) is 21.1. The second kappa shape index (κ2) is 6.32. The number of carbonyl (C=O) groups is 1. The van der Waals surface area contributed by atoms with Crippen molar-refractivity contribution in [2.45, 2.75) is 25.8 Å². The molecule has 20 heavy (non-hydrogen) atoms. The van der Waals surface area contributed by atoms with Crippen LogP contribution in [0.15, 0.2) is 22.7 Å². The molecule has 0 amide bonds. The molecule has 1 heterocycles. The van der Waals surface area contributed by atoms with Gasteiger partial charge in [0.1, 0.15) is 0 Å². The maximum atomic E-state index is 10.9. The minimum Gasteiger partial charge on any atom is -0.481 e. The van der Waals surface area contributed by atoms with Gasteiger partial charge >= 0.3 is 5.97 Å². The molecule has 1 atom stereocenters. The summed E-state index contributed by atoms with van der Waals surface area (Å²) in [4.78, 5) is 10.9. The smallest absolute Gasteiger partial charge is 0.305 e. The van der Waals surface area contributed by atoms with E-state index in [0.29, 0.717) is 17.3 Å². The van der Waals surface area contributed by atoms with Crippen LogP contribution in [0.1, 0.15) is 25.8 Å². The molecule has 0 aliphatic rings. The highest BCUT2D eigenvalue weighted by molar-refractivity contribution is 9.10. The number of carboxylic acid groups (broad SMARTS) is 1. The van der Waals surface area contributed by atoms with E-state index in [1.165, 1.54) is 4.68 Å². The van der Waals surface area contributed by atoms with Crippen LogP contribution in [0.5, 0.6) is 0 Å². The molecule has 2 rings (SSSR count). The van der Waals surface area contributed by atoms with Crippen molar-refractivity contribution in [2.24, 2.45) is 0 Å². The third kappa shape index (κ3) is 3.16. The Morgan fingerprint density at radius 3 is 2.95 bits per heavy atom. The van der Waals surface area contributed by atoms with E-state index in [4.69, 9.17) is 16.7 Å². The van der Waals surface area contributed by atoms with E-state index in [2.05, 4.69) is 31.5 Å². The fourth-order valence-corrected chi connectivity index (χ4v) is 2.49. The summed E-state index contributed by atoms with van der Waals surface area (Å²) in [6.07, 6.45) is 0.579. The molecule has 0 radical (unpaired) electrons. The molecule has 0 saturated carbocycles. The Bertz CT molecular complexity index is 632. The highest BCUT2D eigenvalue weighted by Crippen LogP contribution is 2.31. The van der Waals surface area contributed by atoms with Gasteiger partial charge in [-0.05, 0) is 35.0 Å². The van der Waals surface area contributed by atoms with Gasteiger partial charge in [-0.25, -0.2) is 4.68 Å². The maximum absolute atomic E-state index is 10.9. The fraction of sp³-hybridized carbons (Fsp3) is 0.333. The number of tetrazole rings is 1. The Kier molecular flexibility index (Phi) is 4.72. The molecular formula is C12H12BrClN4O2. The van der Waals surface area contributed by atoms with E-state index in [1.807, 2.05) is 6.92 Å². The zero-order chi connectivity index (χ0) is 14.7. The summed E-state index contributed by atoms with van der Waals surface area (Å²) in [5.41, 5.74) is 0.728. The second-order valence-corrected chi connectivity index (χ2v) is 5.52. The quantitative estimate of drug-likeness (QED) is 0.886. The molecule has 0 aliphatic heterocycles. The standard InChI is InChI=1S/C12H12BrClN4O2/c1-2-8(6-11(19)20)18-12(15-16-17-18)9-5-7(14)3-4-10(9)13/h3-5,8H,2,6H2,1H3,(H,19,20). The molecule has 1 N–H and O–H groups in total. The first-order valence-electron chi connectivity index (χ1n) is 5.98. The van der Waals surface area contributed by atoms with Gasteiger partial charge in [0.25, 0.3) is 0 Å². The van der Waals surface area contributed by atoms with Gasteiger partial charge in [-0.2, -0.15) is 0 Å². The van der Waals surface area contributed by atoms with Crippen molar-refractivity contribution in [1.29, 1.82) is 0 Å². The number of rotatable bonds is 5. The molecule has 0 saturated heterocycles. The highest BCUT2D eigenvalue weighted by atomic mass is 79.9. The van der Waals surface area contributed by atoms with Crippen molar-refractivity contribution in [2.75, 3.05) is 0 Å². The molecule has 0 spiro atoms. The third-order valence-corrected chi connectivity index (χ3v) is 3.82. The minimum absolute atomic E-state index is 0.0350. The molecule has 106 valence electrons. The summed E-state index contributed by atoms with van der Waals surface area (Å²) in [6, 6.07) is 4.98. The van der Waals surface area contributed by atoms with Crippen LogP contribution >= 0.6 is 27.5 Å². The van der Waals surface area contributed by atoms with E-state index in [0.717, 1.165) is 10.0 Å². The van der Waals surface area contributed by atoms with Crippen molar-refractivity contribution < 1.29 is 9.90 Å². The Hall–Kier alpha value is -1.47. The summed E-state index contributed by atoms with van der Waals surface area (Å²) in [5.74, 6) is -0.393. The lowest BCUT2D eigenvalue weighted by Gasteiger charge is -2.15. The van der Waals surface area contributed by atoms with Crippen LogP contribution in [-0.2, 0) is 4.79 Å². The number of nitrogens with zero attached hydrogens (tertiary/aromatic N) is 4. The van der Waals surface area contributed by atoms with E-state index >= 15 is 0 Å². The van der Waals surface area contributed by atoms with Crippen LogP contribution in [-0.4, -0.2) is 31.3 Å². The number of carboxylic acids is 1. The van der Waals surface area contributed by atoms with Gasteiger partial charge in [-0.15, -0.1) is 5.10 Å². The normalized spacial score (nSPS) is 12.3. The predicted molar refractivity (Wildman–Crippen MR) is 77.5 cm³/mol. The van der Waals surface area contributed by atoms with Crippen LogP contribution in [0.25, 0.3) is 11.4 Å². The third-order valence-electron chi connectivity index (χ3n) is 2.89. The van der Waals surface area contributed by atoms with E-state index < -0.39 is 5.97 Å². The molecule has 0 aliphatic carbocycles. The van der Waals surface area contributed by atoms with E-state index in [9.17, 15) is 4.79 Å². The molecule has 1 unspecified atom stereocenters. The van der Waals surface area contributed by atoms with Gasteiger partial charge in [0.2, 0.25) is 0 Å². The average molecular weight is 360 g/mol. The van der Waals surface area contributed by atoms with Crippen molar-refractivity contribution in [3.05, 3.63) is 27.7 Å². The predicted octanol–water partition coefficient (Wildman–Crippen LogP) is 3.18. The molecule has 1 aromatic heterocycles. The van der Waals surface area contributed by atoms with Gasteiger partial charge in [0.15, 0.2) is 5.82 Å². The number of hydrogen-bond acceptors (Lipinski definition) is 4. The van der Waals surface area contributed by atoms with Crippen LogP contribution in [0.2, 0.25) is 5.02 Å². The molecule has 1 aromatic carbocycles. The van der Waals surface area contributed by atoms with Gasteiger partial charge in [0, 0.05) is 15.1 Å². The fourth-order valence-electron chi connectivity index (χ4n) is 1.89. The zero-order valence-corrected chi connectivity index (χ0v) is 13.0. The number of aliphatic carboxylic acids is 1. The van der Waals surface area contributed by atoms with Crippen molar-refractivity contribution in [3.63, 3.8) is 0 Å². The highest BCUT2D eigenvalue weighted by Gasteiger charge is 2.21. The lowest BCUT2D eigenvalue weighted by molar-refractivity contribution is -0.138. The van der Waals surface area contributed by atoms with Gasteiger partial charge < -0.3 is 5.11 Å². The average Bonchev–Trinajstić information content (AvgIpc) is 2.87. The van der Waals surface area contributed by atoms with Crippen molar-refractivity contribution >= 4 is 33.5 Å². The number of hydrogen-bond donors (Lipinski definition) is 1. The topological polar surface area (TPSA) is 80.9 Å². The Labute approximate surface area is 128 Å². The zero-order valence-electron chi connectivity index (χ0n) is 10.6. The lowest BCUT2D eigenvalue weighted by Crippen LogP contribution is -2.15. The summed E-state index contributed by atoms with van der Waals surface area (Å²) >= 11 is 9.42. The lowest BCUT2D eigenvalue weighted by atomic mass is 10.1. The number of halogens is 2. The van der Waals surface area contributed by atoms with Crippen LogP contribution < -0.4 is 0 Å². The summed E-state index contributed by atoms with van der Waals surface area (Å²) in [6.45, 7) is 1.89. The Morgan fingerprint density at radius 2 is 2.30 bits per heavy atom. The minimum atomic E-state index is -0.886. The van der Waals surface area contributed by atoms with Gasteiger partial charge in [0.05, 0.1) is 12.5 Å². The first kappa shape index (κ1) is 14.9. The monoisotopic (exact) mass is 358 g/mol. The van der Waals surface area contributed by atoms with Crippen LogP contribution in [0, 0.1) is 0 Å². The maximum Gasteiger partial charge on any atom is 0.305 e. The summed E-state index contributed by atoms with van der Waals surface area (Å²) < 4.78 is 2.33. The SMILES string of the molecule is CCC(CC(=O)O)n1nnnc1-c1cc(Cl)ccc1Br. The van der Waals surface area contributed by atoms with Crippen molar-refractivity contribution in [3.8, 4) is 11.4 Å². The van der Waals surface area contributed by atoms with Gasteiger partial charge in [-0.3, -0.25) is 4.79 Å². The first-order chi connectivity index (χ1) is 9.52. The number of benzene rings is 1. The van der Waals surface area contributed by atoms with Crippen LogP contribution in [0.4, 0.5) is 0 Å². The van der Waals surface area contributed by atoms with Crippen molar-refractivity contribution in [1.82, 2.24) is 20.2 Å². The van der Waals surface area contributed by atoms with Crippen LogP contribution in [0.3, 0.4) is 0 Å². The largest absolute Gasteiger partial charge is 0.481 e. The van der Waals surface area contributed by atoms with Gasteiger partial charge in [-0.1, -0.05) is 34.5 Å². The first-order valence-corrected chi connectivity index (χ1v) is 7.15. The number of aromatic nitrogens is 4. The second-order valence-electron chi connectivity index (χ2n) is 4.23. The molecule has 2 aromatic rings.